The topological polar surface area (TPSA) is 274 Å². The first-order valence-electron chi connectivity index (χ1n) is 18.8. The summed E-state index contributed by atoms with van der Waals surface area (Å²) in [6.45, 7) is -0.433. The number of amides is 2. The van der Waals surface area contributed by atoms with E-state index in [1.807, 2.05) is 0 Å². The first kappa shape index (κ1) is 39.1. The standard InChI is InChI=1S/C39H37N5O16/c1-40-5-4-28(45)42-23-6-16(2-3-25(23)59-38-31(47)32-33(58-15-57-32)34(60-38)36(49)50)12-54-39(52)41-10-19-17-8-26-27(56-14-55-26)9-22(17)43-29-20(19)11-44-24(29)7-18-21(35(44)48)13-53-37(51)30(18)46/h2-3,6-9,30-34,38,40,46-47H,4-5,10-15H2,1H3,(H,41,52)(H,42,45)(H,49,50)/t30-,31?,32?,33-,34?,38+/m0/s1. The van der Waals surface area contributed by atoms with Crippen LogP contribution in [0.2, 0.25) is 0 Å². The number of hydrogen-bond acceptors (Lipinski definition) is 17. The number of fused-ring (bicyclic) bond motifs is 7. The number of pyridine rings is 2. The van der Waals surface area contributed by atoms with Crippen LogP contribution in [-0.4, -0.2) is 107 Å². The number of benzene rings is 2. The number of aliphatic carboxylic acids is 1. The molecule has 6 N–H and O–H groups in total. The Hall–Kier alpha value is -6.36. The van der Waals surface area contributed by atoms with Gasteiger partial charge in [0.25, 0.3) is 5.56 Å². The fourth-order valence-corrected chi connectivity index (χ4v) is 7.80. The molecule has 314 valence electrons. The van der Waals surface area contributed by atoms with E-state index in [1.54, 1.807) is 31.3 Å². The Morgan fingerprint density at radius 2 is 1.78 bits per heavy atom. The number of nitrogens with one attached hydrogen (secondary N) is 3. The lowest BCUT2D eigenvalue weighted by molar-refractivity contribution is -0.249. The molecule has 9 rings (SSSR count). The lowest BCUT2D eigenvalue weighted by Gasteiger charge is -2.38. The van der Waals surface area contributed by atoms with Crippen molar-refractivity contribution in [2.75, 3.05) is 32.5 Å². The summed E-state index contributed by atoms with van der Waals surface area (Å²) in [5, 5.41) is 40.2. The second kappa shape index (κ2) is 15.7. The van der Waals surface area contributed by atoms with E-state index in [4.69, 9.17) is 42.9 Å². The molecule has 7 heterocycles. The van der Waals surface area contributed by atoms with Gasteiger partial charge in [-0.25, -0.2) is 19.4 Å². The van der Waals surface area contributed by atoms with Gasteiger partial charge in [-0.2, -0.15) is 0 Å². The zero-order valence-corrected chi connectivity index (χ0v) is 31.6. The molecule has 60 heavy (non-hydrogen) atoms. The van der Waals surface area contributed by atoms with Crippen LogP contribution >= 0.6 is 0 Å². The van der Waals surface area contributed by atoms with Gasteiger partial charge in [-0.05, 0) is 42.4 Å². The normalized spacial score (nSPS) is 23.2. The quantitative estimate of drug-likeness (QED) is 0.0990. The Morgan fingerprint density at radius 3 is 2.58 bits per heavy atom. The second-order valence-electron chi connectivity index (χ2n) is 14.4. The van der Waals surface area contributed by atoms with Crippen molar-refractivity contribution in [2.45, 2.75) is 69.5 Å². The minimum Gasteiger partial charge on any atom is -0.479 e. The molecule has 0 aliphatic carbocycles. The molecule has 2 fully saturated rings. The molecule has 0 bridgehead atoms. The molecule has 3 unspecified atom stereocenters. The Balaban J connectivity index is 0.950. The third-order valence-electron chi connectivity index (χ3n) is 10.8. The van der Waals surface area contributed by atoms with Gasteiger partial charge in [0.2, 0.25) is 19.0 Å². The van der Waals surface area contributed by atoms with Gasteiger partial charge in [-0.3, -0.25) is 9.59 Å². The number of aromatic nitrogens is 2. The molecule has 2 amide bonds. The van der Waals surface area contributed by atoms with E-state index >= 15 is 0 Å². The first-order chi connectivity index (χ1) is 29.0. The maximum absolute atomic E-state index is 13.6. The van der Waals surface area contributed by atoms with Crippen molar-refractivity contribution in [3.63, 3.8) is 0 Å². The summed E-state index contributed by atoms with van der Waals surface area (Å²) in [6, 6.07) is 9.48. The van der Waals surface area contributed by atoms with E-state index in [1.165, 1.54) is 16.7 Å². The number of carbonyl (C=O) groups is 4. The lowest BCUT2D eigenvalue weighted by atomic mass is 9.98. The van der Waals surface area contributed by atoms with Gasteiger partial charge in [-0.1, -0.05) is 6.07 Å². The fourth-order valence-electron chi connectivity index (χ4n) is 7.80. The van der Waals surface area contributed by atoms with Gasteiger partial charge in [0.15, 0.2) is 23.7 Å². The number of alkyl carbamates (subject to hydrolysis) is 1. The van der Waals surface area contributed by atoms with Crippen molar-refractivity contribution in [1.82, 2.24) is 20.2 Å². The van der Waals surface area contributed by atoms with Crippen molar-refractivity contribution in [1.29, 1.82) is 0 Å². The largest absolute Gasteiger partial charge is 0.479 e. The van der Waals surface area contributed by atoms with Gasteiger partial charge in [0, 0.05) is 42.1 Å². The molecule has 0 saturated carbocycles. The van der Waals surface area contributed by atoms with Crippen LogP contribution in [-0.2, 0) is 64.4 Å². The number of nitrogens with zero attached hydrogens (tertiary/aromatic N) is 2. The number of hydrogen-bond donors (Lipinski definition) is 6. The second-order valence-corrected chi connectivity index (χ2v) is 14.4. The zero-order chi connectivity index (χ0) is 41.8. The number of esters is 1. The number of carboxylic acids is 1. The van der Waals surface area contributed by atoms with Crippen molar-refractivity contribution < 1.29 is 72.4 Å². The summed E-state index contributed by atoms with van der Waals surface area (Å²) >= 11 is 0. The Morgan fingerprint density at radius 1 is 0.983 bits per heavy atom. The van der Waals surface area contributed by atoms with Crippen LogP contribution in [0.15, 0.2) is 41.2 Å². The maximum Gasteiger partial charge on any atom is 0.407 e. The number of cyclic esters (lactones) is 1. The third-order valence-corrected chi connectivity index (χ3v) is 10.8. The summed E-state index contributed by atoms with van der Waals surface area (Å²) < 4.78 is 45.5. The van der Waals surface area contributed by atoms with Crippen molar-refractivity contribution in [3.8, 4) is 28.6 Å². The average Bonchev–Trinajstić information content (AvgIpc) is 4.00. The summed E-state index contributed by atoms with van der Waals surface area (Å²) in [6.07, 6.45) is -8.92. The van der Waals surface area contributed by atoms with Crippen LogP contribution in [0.25, 0.3) is 22.3 Å². The summed E-state index contributed by atoms with van der Waals surface area (Å²) in [5.41, 5.74) is 2.89. The van der Waals surface area contributed by atoms with Crippen molar-refractivity contribution in [3.05, 3.63) is 74.6 Å². The number of carbonyl (C=O) groups excluding carboxylic acids is 3. The Labute approximate surface area is 338 Å². The average molecular weight is 832 g/mol. The van der Waals surface area contributed by atoms with Crippen LogP contribution in [0, 0.1) is 0 Å². The van der Waals surface area contributed by atoms with Crippen LogP contribution in [0.5, 0.6) is 17.2 Å². The van der Waals surface area contributed by atoms with E-state index in [0.29, 0.717) is 57.0 Å². The number of carboxylic acid groups (broad SMARTS) is 1. The number of anilines is 1. The molecule has 0 spiro atoms. The minimum atomic E-state index is -1.63. The minimum absolute atomic E-state index is 0.00481. The van der Waals surface area contributed by atoms with Gasteiger partial charge in [0.05, 0.1) is 34.7 Å². The molecular formula is C39H37N5O16. The highest BCUT2D eigenvalue weighted by molar-refractivity contribution is 5.93. The third kappa shape index (κ3) is 6.99. The predicted molar refractivity (Wildman–Crippen MR) is 200 cm³/mol. The number of rotatable bonds is 11. The Bertz CT molecular complexity index is 2510. The summed E-state index contributed by atoms with van der Waals surface area (Å²) in [5.74, 6) is -1.65. The Kier molecular flexibility index (Phi) is 10.2. The van der Waals surface area contributed by atoms with Gasteiger partial charge < -0.3 is 73.7 Å². The molecule has 2 aromatic carbocycles. The van der Waals surface area contributed by atoms with E-state index < -0.39 is 66.3 Å². The van der Waals surface area contributed by atoms with Gasteiger partial charge in [-0.15, -0.1) is 0 Å². The highest BCUT2D eigenvalue weighted by Gasteiger charge is 2.53. The molecular weight excluding hydrogens is 794 g/mol. The SMILES string of the molecule is CNCCC(=O)Nc1cc(COC(=O)NCc2c3c(nc4cc5c(cc24)OCO5)-c2cc4c(c(=O)n2C3)COC(=O)[C@H]4O)ccc1O[C@@H]1OC(C(=O)O)[C@H]2OCOC2C1O. The van der Waals surface area contributed by atoms with Crippen LogP contribution in [0.1, 0.15) is 40.3 Å². The summed E-state index contributed by atoms with van der Waals surface area (Å²) in [7, 11) is 1.69. The van der Waals surface area contributed by atoms with Crippen LogP contribution in [0.4, 0.5) is 10.5 Å². The number of aliphatic hydroxyl groups excluding tert-OH is 2. The first-order valence-corrected chi connectivity index (χ1v) is 18.8. The number of aliphatic hydroxyl groups is 2. The van der Waals surface area contributed by atoms with E-state index in [2.05, 4.69) is 16.0 Å². The van der Waals surface area contributed by atoms with Gasteiger partial charge in [0.1, 0.15) is 44.1 Å². The molecule has 21 nitrogen and oxygen atoms in total. The van der Waals surface area contributed by atoms with E-state index in [9.17, 15) is 39.3 Å². The lowest BCUT2D eigenvalue weighted by Crippen LogP contribution is -2.60. The van der Waals surface area contributed by atoms with Crippen LogP contribution in [0.3, 0.4) is 0 Å². The highest BCUT2D eigenvalue weighted by atomic mass is 16.8. The maximum atomic E-state index is 13.6. The molecule has 21 heteroatoms. The molecule has 2 aromatic heterocycles. The molecule has 4 aromatic rings. The summed E-state index contributed by atoms with van der Waals surface area (Å²) in [4.78, 5) is 68.7. The molecule has 5 aliphatic heterocycles. The zero-order valence-electron chi connectivity index (χ0n) is 31.6. The number of ether oxygens (including phenoxy) is 8. The van der Waals surface area contributed by atoms with E-state index in [0.717, 1.165) is 0 Å². The highest BCUT2D eigenvalue weighted by Crippen LogP contribution is 2.42. The van der Waals surface area contributed by atoms with Crippen LogP contribution < -0.4 is 35.7 Å². The van der Waals surface area contributed by atoms with Crippen molar-refractivity contribution >= 4 is 40.5 Å². The van der Waals surface area contributed by atoms with Gasteiger partial charge >= 0.3 is 18.0 Å². The smallest absolute Gasteiger partial charge is 0.407 e. The predicted octanol–water partition coefficient (Wildman–Crippen LogP) is 0.509. The molecule has 5 aliphatic rings. The van der Waals surface area contributed by atoms with Crippen molar-refractivity contribution in [2.24, 2.45) is 0 Å². The fraction of sp³-hybridized carbons (Fsp3) is 0.385. The molecule has 2 saturated heterocycles. The monoisotopic (exact) mass is 831 g/mol. The molecule has 0 radical (unpaired) electrons. The van der Waals surface area contributed by atoms with E-state index in [-0.39, 0.29) is 68.9 Å². The molecule has 6 atom stereocenters.